The van der Waals surface area contributed by atoms with Gasteiger partial charge in [-0.15, -0.1) is 0 Å². The standard InChI is InChI=1S/C18H29N3O/c1-13-18(14(2)22-19-13)12-20-8-16-6-7-17(11-20)21(10-16)9-15-4-3-5-15/h15-17H,3-12H2,1-2H3/t16-,17+/m0/s1. The SMILES string of the molecule is Cc1noc(C)c1CN1C[C@@H]2CC[C@H](C1)N(CC1CCC1)C2. The van der Waals surface area contributed by atoms with E-state index in [9.17, 15) is 0 Å². The maximum atomic E-state index is 5.35. The van der Waals surface area contributed by atoms with Crippen LogP contribution in [0.25, 0.3) is 0 Å². The molecule has 2 atom stereocenters. The first-order valence-electron chi connectivity index (χ1n) is 9.07. The van der Waals surface area contributed by atoms with Crippen molar-refractivity contribution < 1.29 is 4.52 Å². The zero-order valence-electron chi connectivity index (χ0n) is 14.1. The van der Waals surface area contributed by atoms with Gasteiger partial charge in [-0.3, -0.25) is 9.80 Å². The first kappa shape index (κ1) is 14.7. The van der Waals surface area contributed by atoms with Crippen molar-refractivity contribution in [2.45, 2.75) is 58.5 Å². The Bertz CT molecular complexity index is 503. The first-order valence-corrected chi connectivity index (χ1v) is 9.07. The Kier molecular flexibility index (Phi) is 3.99. The molecule has 1 aromatic heterocycles. The number of fused-ring (bicyclic) bond motifs is 4. The molecule has 2 bridgehead atoms. The topological polar surface area (TPSA) is 32.5 Å². The van der Waals surface area contributed by atoms with E-state index in [-0.39, 0.29) is 0 Å². The second-order valence-electron chi connectivity index (χ2n) is 7.84. The van der Waals surface area contributed by atoms with E-state index in [1.165, 1.54) is 63.8 Å². The normalized spacial score (nSPS) is 30.5. The van der Waals surface area contributed by atoms with Crippen LogP contribution in [0.1, 0.15) is 49.1 Å². The molecule has 3 saturated heterocycles. The molecule has 22 heavy (non-hydrogen) atoms. The molecular formula is C18H29N3O. The third kappa shape index (κ3) is 2.83. The largest absolute Gasteiger partial charge is 0.361 e. The van der Waals surface area contributed by atoms with Crippen molar-refractivity contribution in [2.24, 2.45) is 11.8 Å². The molecule has 5 rings (SSSR count). The van der Waals surface area contributed by atoms with Crippen LogP contribution in [0.15, 0.2) is 4.52 Å². The van der Waals surface area contributed by atoms with Gasteiger partial charge in [0.15, 0.2) is 0 Å². The highest BCUT2D eigenvalue weighted by molar-refractivity contribution is 5.20. The van der Waals surface area contributed by atoms with Crippen molar-refractivity contribution in [3.05, 3.63) is 17.0 Å². The minimum atomic E-state index is 0.778. The summed E-state index contributed by atoms with van der Waals surface area (Å²) in [5.74, 6) is 2.86. The highest BCUT2D eigenvalue weighted by atomic mass is 16.5. The number of rotatable bonds is 4. The molecule has 122 valence electrons. The third-order valence-corrected chi connectivity index (χ3v) is 6.18. The Labute approximate surface area is 133 Å². The van der Waals surface area contributed by atoms with Crippen molar-refractivity contribution in [2.75, 3.05) is 26.2 Å². The summed E-state index contributed by atoms with van der Waals surface area (Å²) >= 11 is 0. The van der Waals surface area contributed by atoms with Gasteiger partial charge in [0.2, 0.25) is 0 Å². The zero-order chi connectivity index (χ0) is 15.1. The van der Waals surface area contributed by atoms with Crippen LogP contribution in [0.5, 0.6) is 0 Å². The monoisotopic (exact) mass is 303 g/mol. The van der Waals surface area contributed by atoms with Crippen LogP contribution in [0.4, 0.5) is 0 Å². The molecule has 4 fully saturated rings. The molecular weight excluding hydrogens is 274 g/mol. The van der Waals surface area contributed by atoms with Crippen LogP contribution in [-0.4, -0.2) is 47.2 Å². The van der Waals surface area contributed by atoms with Crippen LogP contribution < -0.4 is 0 Å². The average Bonchev–Trinajstić information content (AvgIpc) is 2.67. The molecule has 1 aromatic rings. The Morgan fingerprint density at radius 3 is 2.64 bits per heavy atom. The van der Waals surface area contributed by atoms with Gasteiger partial charge in [-0.2, -0.15) is 0 Å². The van der Waals surface area contributed by atoms with E-state index in [1.54, 1.807) is 0 Å². The summed E-state index contributed by atoms with van der Waals surface area (Å²) in [7, 11) is 0. The fourth-order valence-corrected chi connectivity index (χ4v) is 4.59. The van der Waals surface area contributed by atoms with E-state index in [0.29, 0.717) is 0 Å². The fourth-order valence-electron chi connectivity index (χ4n) is 4.59. The summed E-state index contributed by atoms with van der Waals surface area (Å²) in [4.78, 5) is 5.49. The van der Waals surface area contributed by atoms with Crippen LogP contribution >= 0.6 is 0 Å². The first-order chi connectivity index (χ1) is 10.7. The number of aromatic nitrogens is 1. The molecule has 0 spiro atoms. The molecule has 0 amide bonds. The lowest BCUT2D eigenvalue weighted by molar-refractivity contribution is 0.0890. The number of nitrogens with zero attached hydrogens (tertiary/aromatic N) is 3. The van der Waals surface area contributed by atoms with Gasteiger partial charge in [0.25, 0.3) is 0 Å². The van der Waals surface area contributed by atoms with Gasteiger partial charge in [0.1, 0.15) is 5.76 Å². The molecule has 4 heterocycles. The maximum absolute atomic E-state index is 5.35. The maximum Gasteiger partial charge on any atom is 0.138 e. The lowest BCUT2D eigenvalue weighted by atomic mass is 9.83. The van der Waals surface area contributed by atoms with Crippen molar-refractivity contribution in [3.63, 3.8) is 0 Å². The predicted molar refractivity (Wildman–Crippen MR) is 86.7 cm³/mol. The molecule has 1 saturated carbocycles. The Morgan fingerprint density at radius 1 is 1.09 bits per heavy atom. The lowest BCUT2D eigenvalue weighted by Crippen LogP contribution is -2.46. The van der Waals surface area contributed by atoms with E-state index in [1.807, 2.05) is 6.92 Å². The Balaban J connectivity index is 1.43. The predicted octanol–water partition coefficient (Wildman–Crippen LogP) is 2.99. The highest BCUT2D eigenvalue weighted by Gasteiger charge is 2.36. The van der Waals surface area contributed by atoms with Crippen LogP contribution in [0.3, 0.4) is 0 Å². The molecule has 0 unspecified atom stereocenters. The molecule has 1 aliphatic carbocycles. The van der Waals surface area contributed by atoms with Gasteiger partial charge < -0.3 is 4.52 Å². The molecule has 4 heteroatoms. The molecule has 4 aliphatic rings. The number of hydrogen-bond acceptors (Lipinski definition) is 4. The lowest BCUT2D eigenvalue weighted by Gasteiger charge is -2.40. The van der Waals surface area contributed by atoms with Crippen LogP contribution in [-0.2, 0) is 6.54 Å². The van der Waals surface area contributed by atoms with Gasteiger partial charge in [0, 0.05) is 44.3 Å². The summed E-state index contributed by atoms with van der Waals surface area (Å²) in [6.45, 7) is 10.3. The van der Waals surface area contributed by atoms with Gasteiger partial charge >= 0.3 is 0 Å². The summed E-state index contributed by atoms with van der Waals surface area (Å²) < 4.78 is 5.35. The van der Waals surface area contributed by atoms with E-state index in [2.05, 4.69) is 21.9 Å². The second-order valence-corrected chi connectivity index (χ2v) is 7.84. The van der Waals surface area contributed by atoms with Crippen LogP contribution in [0.2, 0.25) is 0 Å². The second kappa shape index (κ2) is 5.97. The highest BCUT2D eigenvalue weighted by Crippen LogP contribution is 2.33. The Morgan fingerprint density at radius 2 is 1.95 bits per heavy atom. The quantitative estimate of drug-likeness (QED) is 0.856. The Hall–Kier alpha value is -0.870. The summed E-state index contributed by atoms with van der Waals surface area (Å²) in [5.41, 5.74) is 2.38. The van der Waals surface area contributed by atoms with Gasteiger partial charge in [-0.1, -0.05) is 11.6 Å². The molecule has 0 radical (unpaired) electrons. The molecule has 0 N–H and O–H groups in total. The van der Waals surface area contributed by atoms with E-state index in [0.717, 1.165) is 35.9 Å². The fraction of sp³-hybridized carbons (Fsp3) is 0.833. The van der Waals surface area contributed by atoms with Crippen molar-refractivity contribution in [1.29, 1.82) is 0 Å². The number of piperidine rings is 1. The van der Waals surface area contributed by atoms with E-state index in [4.69, 9.17) is 4.52 Å². The summed E-state index contributed by atoms with van der Waals surface area (Å²) in [6, 6.07) is 0.778. The van der Waals surface area contributed by atoms with Crippen molar-refractivity contribution in [1.82, 2.24) is 15.0 Å². The minimum Gasteiger partial charge on any atom is -0.361 e. The zero-order valence-corrected chi connectivity index (χ0v) is 14.1. The van der Waals surface area contributed by atoms with Crippen molar-refractivity contribution >= 4 is 0 Å². The number of hydrogen-bond donors (Lipinski definition) is 0. The van der Waals surface area contributed by atoms with Gasteiger partial charge in [0.05, 0.1) is 5.69 Å². The van der Waals surface area contributed by atoms with Crippen molar-refractivity contribution in [3.8, 4) is 0 Å². The minimum absolute atomic E-state index is 0.778. The third-order valence-electron chi connectivity index (χ3n) is 6.18. The summed E-state index contributed by atoms with van der Waals surface area (Å²) in [6.07, 6.45) is 7.22. The summed E-state index contributed by atoms with van der Waals surface area (Å²) in [5, 5.41) is 4.12. The molecule has 4 nitrogen and oxygen atoms in total. The van der Waals surface area contributed by atoms with Gasteiger partial charge in [-0.25, -0.2) is 0 Å². The van der Waals surface area contributed by atoms with E-state index >= 15 is 0 Å². The average molecular weight is 303 g/mol. The molecule has 0 aromatic carbocycles. The number of aryl methyl sites for hydroxylation is 2. The van der Waals surface area contributed by atoms with Gasteiger partial charge in [-0.05, 0) is 51.4 Å². The van der Waals surface area contributed by atoms with E-state index < -0.39 is 0 Å². The molecule has 3 aliphatic heterocycles. The smallest absolute Gasteiger partial charge is 0.138 e. The van der Waals surface area contributed by atoms with Crippen LogP contribution in [0, 0.1) is 25.7 Å².